The van der Waals surface area contributed by atoms with E-state index in [1.54, 1.807) is 0 Å². The average Bonchev–Trinajstić information content (AvgIpc) is 2.76. The molecule has 0 spiro atoms. The van der Waals surface area contributed by atoms with Gasteiger partial charge in [0.25, 0.3) is 0 Å². The van der Waals surface area contributed by atoms with Crippen molar-refractivity contribution in [2.45, 2.75) is 58.9 Å². The van der Waals surface area contributed by atoms with Crippen molar-refractivity contribution >= 4 is 0 Å². The predicted molar refractivity (Wildman–Crippen MR) is 75.6 cm³/mol. The third-order valence-electron chi connectivity index (χ3n) is 4.13. The number of hydrogen-bond acceptors (Lipinski definition) is 2. The molecule has 0 saturated heterocycles. The molecule has 1 heterocycles. The van der Waals surface area contributed by atoms with Gasteiger partial charge in [0.1, 0.15) is 11.5 Å². The lowest BCUT2D eigenvalue weighted by molar-refractivity contribution is 0.204. The summed E-state index contributed by atoms with van der Waals surface area (Å²) in [7, 11) is 0. The lowest BCUT2D eigenvalue weighted by Gasteiger charge is -2.33. The third-order valence-corrected chi connectivity index (χ3v) is 4.13. The van der Waals surface area contributed by atoms with Crippen molar-refractivity contribution in [3.8, 4) is 0 Å². The molecular formula is C16H27NO. The van der Waals surface area contributed by atoms with Crippen LogP contribution in [0.3, 0.4) is 0 Å². The zero-order chi connectivity index (χ0) is 13.0. The molecule has 18 heavy (non-hydrogen) atoms. The van der Waals surface area contributed by atoms with Gasteiger partial charge in [-0.1, -0.05) is 26.7 Å². The van der Waals surface area contributed by atoms with Gasteiger partial charge in [-0.15, -0.1) is 0 Å². The van der Waals surface area contributed by atoms with Gasteiger partial charge in [-0.05, 0) is 56.7 Å². The Morgan fingerprint density at radius 2 is 2.22 bits per heavy atom. The van der Waals surface area contributed by atoms with Crippen LogP contribution in [0.1, 0.15) is 63.5 Å². The molecule has 1 saturated carbocycles. The van der Waals surface area contributed by atoms with Gasteiger partial charge in [0, 0.05) is 0 Å². The van der Waals surface area contributed by atoms with E-state index in [1.807, 2.05) is 6.92 Å². The molecule has 1 N–H and O–H groups in total. The van der Waals surface area contributed by atoms with Gasteiger partial charge in [0.05, 0.1) is 6.04 Å². The highest BCUT2D eigenvalue weighted by molar-refractivity contribution is 5.11. The second-order valence-electron chi connectivity index (χ2n) is 5.91. The molecule has 0 aromatic carbocycles. The van der Waals surface area contributed by atoms with E-state index < -0.39 is 0 Å². The largest absolute Gasteiger partial charge is 0.465 e. The van der Waals surface area contributed by atoms with Gasteiger partial charge in [0.2, 0.25) is 0 Å². The minimum absolute atomic E-state index is 0.418. The molecule has 0 radical (unpaired) electrons. The molecule has 3 unspecified atom stereocenters. The van der Waals surface area contributed by atoms with Crippen LogP contribution >= 0.6 is 0 Å². The maximum Gasteiger partial charge on any atom is 0.121 e. The van der Waals surface area contributed by atoms with Gasteiger partial charge in [-0.3, -0.25) is 0 Å². The molecular weight excluding hydrogens is 222 g/mol. The summed E-state index contributed by atoms with van der Waals surface area (Å²) in [6, 6.07) is 4.66. The molecule has 0 bridgehead atoms. The highest BCUT2D eigenvalue weighted by atomic mass is 16.3. The molecule has 1 fully saturated rings. The molecule has 1 aromatic heterocycles. The zero-order valence-electron chi connectivity index (χ0n) is 12.0. The number of rotatable bonds is 5. The number of nitrogens with one attached hydrogen (secondary N) is 1. The van der Waals surface area contributed by atoms with E-state index in [2.05, 4.69) is 31.3 Å². The highest BCUT2D eigenvalue weighted by Crippen LogP contribution is 2.37. The Bertz CT molecular complexity index is 358. The fourth-order valence-electron chi connectivity index (χ4n) is 3.20. The third kappa shape index (κ3) is 3.38. The quantitative estimate of drug-likeness (QED) is 0.833. The first kappa shape index (κ1) is 13.7. The number of aryl methyl sites for hydroxylation is 1. The Morgan fingerprint density at radius 1 is 1.39 bits per heavy atom. The Balaban J connectivity index is 2.08. The van der Waals surface area contributed by atoms with Crippen LogP contribution in [0, 0.1) is 18.8 Å². The van der Waals surface area contributed by atoms with Crippen molar-refractivity contribution in [3.63, 3.8) is 0 Å². The molecule has 1 aliphatic carbocycles. The maximum atomic E-state index is 5.87. The summed E-state index contributed by atoms with van der Waals surface area (Å²) in [5.74, 6) is 3.77. The second-order valence-corrected chi connectivity index (χ2v) is 5.91. The van der Waals surface area contributed by atoms with E-state index in [0.29, 0.717) is 6.04 Å². The first-order valence-corrected chi connectivity index (χ1v) is 7.50. The van der Waals surface area contributed by atoms with Crippen molar-refractivity contribution in [1.29, 1.82) is 0 Å². The van der Waals surface area contributed by atoms with E-state index in [-0.39, 0.29) is 0 Å². The standard InChI is InChI=1S/C16H27NO/c1-4-10-17-16(15-9-8-13(3)18-15)14-7-5-6-12(2)11-14/h8-9,12,14,16-17H,4-7,10-11H2,1-3H3. The molecule has 2 rings (SSSR count). The second kappa shape index (κ2) is 6.42. The molecule has 0 amide bonds. The Morgan fingerprint density at radius 3 is 2.83 bits per heavy atom. The molecule has 3 atom stereocenters. The van der Waals surface area contributed by atoms with Crippen LogP contribution in [0.5, 0.6) is 0 Å². The fourth-order valence-corrected chi connectivity index (χ4v) is 3.20. The Kier molecular flexibility index (Phi) is 4.87. The van der Waals surface area contributed by atoms with Crippen LogP contribution in [0.15, 0.2) is 16.5 Å². The van der Waals surface area contributed by atoms with Gasteiger partial charge in [0.15, 0.2) is 0 Å². The smallest absolute Gasteiger partial charge is 0.121 e. The first-order valence-electron chi connectivity index (χ1n) is 7.50. The topological polar surface area (TPSA) is 25.2 Å². The summed E-state index contributed by atoms with van der Waals surface area (Å²) in [5.41, 5.74) is 0. The number of furan rings is 1. The summed E-state index contributed by atoms with van der Waals surface area (Å²) in [6.45, 7) is 7.72. The Labute approximate surface area is 111 Å². The summed E-state index contributed by atoms with van der Waals surface area (Å²) >= 11 is 0. The first-order chi connectivity index (χ1) is 8.70. The van der Waals surface area contributed by atoms with Crippen LogP contribution in [0.4, 0.5) is 0 Å². The van der Waals surface area contributed by atoms with Crippen molar-refractivity contribution in [3.05, 3.63) is 23.7 Å². The van der Waals surface area contributed by atoms with Crippen molar-refractivity contribution < 1.29 is 4.42 Å². The van der Waals surface area contributed by atoms with Crippen molar-refractivity contribution in [1.82, 2.24) is 5.32 Å². The summed E-state index contributed by atoms with van der Waals surface area (Å²) in [4.78, 5) is 0. The molecule has 1 aromatic rings. The molecule has 102 valence electrons. The van der Waals surface area contributed by atoms with Crippen LogP contribution in [0.25, 0.3) is 0 Å². The van der Waals surface area contributed by atoms with Gasteiger partial charge in [-0.25, -0.2) is 0 Å². The summed E-state index contributed by atoms with van der Waals surface area (Å²) in [5, 5.41) is 3.70. The van der Waals surface area contributed by atoms with E-state index in [0.717, 1.165) is 29.9 Å². The lowest BCUT2D eigenvalue weighted by atomic mass is 9.78. The van der Waals surface area contributed by atoms with Gasteiger partial charge >= 0.3 is 0 Å². The molecule has 0 aliphatic heterocycles. The summed E-state index contributed by atoms with van der Waals surface area (Å²) in [6.07, 6.45) is 6.62. The normalized spacial score (nSPS) is 26.2. The fraction of sp³-hybridized carbons (Fsp3) is 0.750. The minimum Gasteiger partial charge on any atom is -0.465 e. The molecule has 1 aliphatic rings. The van der Waals surface area contributed by atoms with Gasteiger partial charge in [-0.2, -0.15) is 0 Å². The van der Waals surface area contributed by atoms with Gasteiger partial charge < -0.3 is 9.73 Å². The Hall–Kier alpha value is -0.760. The van der Waals surface area contributed by atoms with Crippen LogP contribution in [0.2, 0.25) is 0 Å². The van der Waals surface area contributed by atoms with Crippen LogP contribution < -0.4 is 5.32 Å². The van der Waals surface area contributed by atoms with E-state index >= 15 is 0 Å². The van der Waals surface area contributed by atoms with Crippen molar-refractivity contribution in [2.75, 3.05) is 6.54 Å². The monoisotopic (exact) mass is 249 g/mol. The molecule has 2 nitrogen and oxygen atoms in total. The van der Waals surface area contributed by atoms with E-state index in [4.69, 9.17) is 4.42 Å². The van der Waals surface area contributed by atoms with Crippen LogP contribution in [-0.2, 0) is 0 Å². The van der Waals surface area contributed by atoms with E-state index in [1.165, 1.54) is 32.1 Å². The maximum absolute atomic E-state index is 5.87. The van der Waals surface area contributed by atoms with Crippen LogP contribution in [-0.4, -0.2) is 6.54 Å². The summed E-state index contributed by atoms with van der Waals surface area (Å²) < 4.78 is 5.87. The van der Waals surface area contributed by atoms with Crippen molar-refractivity contribution in [2.24, 2.45) is 11.8 Å². The number of hydrogen-bond donors (Lipinski definition) is 1. The van der Waals surface area contributed by atoms with E-state index in [9.17, 15) is 0 Å². The molecule has 2 heteroatoms. The highest BCUT2D eigenvalue weighted by Gasteiger charge is 2.29. The SMILES string of the molecule is CCCNC(c1ccc(C)o1)C1CCCC(C)C1. The lowest BCUT2D eigenvalue weighted by Crippen LogP contribution is -2.31. The minimum atomic E-state index is 0.418. The zero-order valence-corrected chi connectivity index (χ0v) is 12.0. The average molecular weight is 249 g/mol. The predicted octanol–water partition coefficient (Wildman–Crippen LogP) is 4.46.